The summed E-state index contributed by atoms with van der Waals surface area (Å²) < 4.78 is 10.4. The zero-order valence-electron chi connectivity index (χ0n) is 8.44. The van der Waals surface area contributed by atoms with Gasteiger partial charge in [-0.1, -0.05) is 32.9 Å². The van der Waals surface area contributed by atoms with Crippen molar-refractivity contribution in [1.82, 2.24) is 0 Å². The molecule has 0 aliphatic carbocycles. The number of rotatable bonds is 0. The van der Waals surface area contributed by atoms with Gasteiger partial charge in [0.25, 0.3) is 0 Å². The van der Waals surface area contributed by atoms with Crippen LogP contribution in [0.15, 0.2) is 18.2 Å². The van der Waals surface area contributed by atoms with Gasteiger partial charge in [-0.15, -0.1) is 0 Å². The Morgan fingerprint density at radius 3 is 2.57 bits per heavy atom. The lowest BCUT2D eigenvalue weighted by Gasteiger charge is -2.20. The molecule has 1 aromatic carbocycles. The van der Waals surface area contributed by atoms with E-state index < -0.39 is 8.60 Å². The molecule has 4 heteroatoms. The Bertz CT molecular complexity index is 357. The van der Waals surface area contributed by atoms with E-state index in [2.05, 4.69) is 20.8 Å². The largest absolute Gasteiger partial charge is 0.460 e. The van der Waals surface area contributed by atoms with Crippen LogP contribution in [0.3, 0.4) is 0 Å². The molecule has 76 valence electrons. The number of hydrogen-bond donors (Lipinski definition) is 1. The first-order chi connectivity index (χ1) is 6.48. The van der Waals surface area contributed by atoms with Gasteiger partial charge >= 0.3 is 8.60 Å². The van der Waals surface area contributed by atoms with E-state index in [1.807, 2.05) is 18.2 Å². The van der Waals surface area contributed by atoms with Gasteiger partial charge in [0.2, 0.25) is 0 Å². The van der Waals surface area contributed by atoms with Crippen molar-refractivity contribution in [3.8, 4) is 11.5 Å². The number of para-hydroxylation sites is 1. The molecule has 1 aromatic rings. The summed E-state index contributed by atoms with van der Waals surface area (Å²) in [5, 5.41) is 0. The quantitative estimate of drug-likeness (QED) is 0.672. The third-order valence-corrected chi connectivity index (χ3v) is 2.82. The topological polar surface area (TPSA) is 38.7 Å². The van der Waals surface area contributed by atoms with Crippen LogP contribution < -0.4 is 9.05 Å². The van der Waals surface area contributed by atoms with E-state index in [1.165, 1.54) is 0 Å². The molecule has 1 heterocycles. The molecule has 0 saturated carbocycles. The number of fused-ring (bicyclic) bond motifs is 1. The van der Waals surface area contributed by atoms with Gasteiger partial charge in [-0.25, -0.2) is 0 Å². The van der Waals surface area contributed by atoms with Gasteiger partial charge in [-0.05, 0) is 11.5 Å². The van der Waals surface area contributed by atoms with Crippen LogP contribution in [-0.2, 0) is 5.41 Å². The molecule has 2 rings (SSSR count). The van der Waals surface area contributed by atoms with Crippen LogP contribution >= 0.6 is 8.60 Å². The third kappa shape index (κ3) is 1.58. The molecule has 1 aliphatic heterocycles. The average Bonchev–Trinajstić information content (AvgIpc) is 2.41. The van der Waals surface area contributed by atoms with Gasteiger partial charge in [0.05, 0.1) is 0 Å². The van der Waals surface area contributed by atoms with Crippen molar-refractivity contribution in [2.24, 2.45) is 0 Å². The second kappa shape index (κ2) is 3.11. The van der Waals surface area contributed by atoms with Crippen molar-refractivity contribution in [3.05, 3.63) is 23.8 Å². The summed E-state index contributed by atoms with van der Waals surface area (Å²) in [5.41, 5.74) is 1.06. The van der Waals surface area contributed by atoms with Crippen LogP contribution in [0.5, 0.6) is 11.5 Å². The van der Waals surface area contributed by atoms with Crippen LogP contribution in [-0.4, -0.2) is 4.89 Å². The Balaban J connectivity index is 2.50. The summed E-state index contributed by atoms with van der Waals surface area (Å²) in [6, 6.07) is 5.72. The number of hydrogen-bond acceptors (Lipinski definition) is 3. The monoisotopic (exact) mass is 212 g/mol. The van der Waals surface area contributed by atoms with Crippen molar-refractivity contribution in [1.29, 1.82) is 0 Å². The lowest BCUT2D eigenvalue weighted by molar-refractivity contribution is 0.426. The molecular formula is C10H13O3P. The van der Waals surface area contributed by atoms with Gasteiger partial charge in [0.1, 0.15) is 0 Å². The first kappa shape index (κ1) is 9.75. The Hall–Kier alpha value is -0.790. The zero-order chi connectivity index (χ0) is 10.3. The highest BCUT2D eigenvalue weighted by atomic mass is 31.2. The Morgan fingerprint density at radius 1 is 1.21 bits per heavy atom. The summed E-state index contributed by atoms with van der Waals surface area (Å²) in [6.45, 7) is 6.30. The molecule has 1 aliphatic rings. The molecule has 1 unspecified atom stereocenters. The second-order valence-corrected chi connectivity index (χ2v) is 5.14. The van der Waals surface area contributed by atoms with Gasteiger partial charge in [-0.2, -0.15) is 0 Å². The van der Waals surface area contributed by atoms with Gasteiger partial charge in [0, 0.05) is 5.56 Å². The maximum absolute atomic E-state index is 9.26. The van der Waals surface area contributed by atoms with Crippen LogP contribution in [0.2, 0.25) is 0 Å². The molecule has 1 N–H and O–H groups in total. The smallest absolute Gasteiger partial charge is 0.414 e. The van der Waals surface area contributed by atoms with Crippen LogP contribution in [0.1, 0.15) is 26.3 Å². The first-order valence-corrected chi connectivity index (χ1v) is 5.60. The highest BCUT2D eigenvalue weighted by Gasteiger charge is 2.30. The molecule has 3 nitrogen and oxygen atoms in total. The van der Waals surface area contributed by atoms with Gasteiger partial charge in [-0.3, -0.25) is 0 Å². The van der Waals surface area contributed by atoms with Crippen LogP contribution in [0.4, 0.5) is 0 Å². The molecule has 1 atom stereocenters. The molecule has 14 heavy (non-hydrogen) atoms. The van der Waals surface area contributed by atoms with E-state index >= 15 is 0 Å². The Labute approximate surface area is 84.7 Å². The first-order valence-electron chi connectivity index (χ1n) is 4.47. The minimum absolute atomic E-state index is 0.00475. The molecular weight excluding hydrogens is 199 g/mol. The van der Waals surface area contributed by atoms with Crippen molar-refractivity contribution in [2.75, 3.05) is 0 Å². The van der Waals surface area contributed by atoms with Crippen LogP contribution in [0, 0.1) is 0 Å². The van der Waals surface area contributed by atoms with Crippen molar-refractivity contribution < 1.29 is 13.9 Å². The predicted molar refractivity (Wildman–Crippen MR) is 55.5 cm³/mol. The minimum Gasteiger partial charge on any atom is -0.414 e. The standard InChI is InChI=1S/C10H13O3P/c1-10(2,3)7-5-4-6-8-9(7)13-14(11)12-8/h4-6,11H,1-3H3. The van der Waals surface area contributed by atoms with E-state index in [1.54, 1.807) is 0 Å². The molecule has 0 radical (unpaired) electrons. The molecule has 0 aromatic heterocycles. The van der Waals surface area contributed by atoms with E-state index in [-0.39, 0.29) is 5.41 Å². The summed E-state index contributed by atoms with van der Waals surface area (Å²) in [5.74, 6) is 1.33. The minimum atomic E-state index is -1.76. The van der Waals surface area contributed by atoms with E-state index in [0.717, 1.165) is 5.56 Å². The Morgan fingerprint density at radius 2 is 1.93 bits per heavy atom. The Kier molecular flexibility index (Phi) is 2.17. The summed E-state index contributed by atoms with van der Waals surface area (Å²) >= 11 is 0. The fourth-order valence-corrected chi connectivity index (χ4v) is 2.15. The van der Waals surface area contributed by atoms with Gasteiger partial charge in [0.15, 0.2) is 11.5 Å². The summed E-state index contributed by atoms with van der Waals surface area (Å²) in [6.07, 6.45) is 0. The highest BCUT2D eigenvalue weighted by Crippen LogP contribution is 2.53. The van der Waals surface area contributed by atoms with E-state index in [9.17, 15) is 4.89 Å². The maximum atomic E-state index is 9.26. The van der Waals surface area contributed by atoms with Crippen molar-refractivity contribution in [2.45, 2.75) is 26.2 Å². The normalized spacial score (nSPS) is 19.9. The van der Waals surface area contributed by atoms with E-state index in [0.29, 0.717) is 11.5 Å². The number of benzene rings is 1. The predicted octanol–water partition coefficient (Wildman–Crippen LogP) is 2.97. The summed E-state index contributed by atoms with van der Waals surface area (Å²) in [7, 11) is -1.76. The third-order valence-electron chi connectivity index (χ3n) is 2.13. The molecule has 0 spiro atoms. The maximum Gasteiger partial charge on any atom is 0.460 e. The fourth-order valence-electron chi connectivity index (χ4n) is 1.45. The summed E-state index contributed by atoms with van der Waals surface area (Å²) in [4.78, 5) is 9.26. The SMILES string of the molecule is CC(C)(C)c1cccc2c1OP(O)O2. The van der Waals surface area contributed by atoms with E-state index in [4.69, 9.17) is 9.05 Å². The van der Waals surface area contributed by atoms with Crippen molar-refractivity contribution >= 4 is 8.60 Å². The highest BCUT2D eigenvalue weighted by molar-refractivity contribution is 7.41. The molecule has 0 saturated heterocycles. The molecule has 0 bridgehead atoms. The molecule has 0 amide bonds. The zero-order valence-corrected chi connectivity index (χ0v) is 9.34. The second-order valence-electron chi connectivity index (χ2n) is 4.30. The van der Waals surface area contributed by atoms with Gasteiger partial charge < -0.3 is 13.9 Å². The lowest BCUT2D eigenvalue weighted by Crippen LogP contribution is -2.11. The fraction of sp³-hybridized carbons (Fsp3) is 0.400. The average molecular weight is 212 g/mol. The lowest BCUT2D eigenvalue weighted by atomic mass is 9.86. The van der Waals surface area contributed by atoms with Crippen molar-refractivity contribution in [3.63, 3.8) is 0 Å². The van der Waals surface area contributed by atoms with Crippen LogP contribution in [0.25, 0.3) is 0 Å². The molecule has 0 fully saturated rings.